The SMILES string of the molecule is CCOC(=O)CCC/C(C)=N\N(C)C. The molecule has 0 saturated heterocycles. The van der Waals surface area contributed by atoms with Gasteiger partial charge in [0.2, 0.25) is 0 Å². The molecule has 0 heterocycles. The molecule has 0 fully saturated rings. The topological polar surface area (TPSA) is 41.9 Å². The Morgan fingerprint density at radius 2 is 2.00 bits per heavy atom. The van der Waals surface area contributed by atoms with Crippen LogP contribution in [0, 0.1) is 0 Å². The van der Waals surface area contributed by atoms with Crippen molar-refractivity contribution in [2.45, 2.75) is 33.1 Å². The Bertz CT molecular complexity index is 200. The second-order valence-corrected chi connectivity index (χ2v) is 3.34. The number of nitrogens with zero attached hydrogens (tertiary/aromatic N) is 2. The highest BCUT2D eigenvalue weighted by Crippen LogP contribution is 2.00. The predicted molar refractivity (Wildman–Crippen MR) is 57.3 cm³/mol. The third kappa shape index (κ3) is 7.58. The molecule has 0 radical (unpaired) electrons. The second-order valence-electron chi connectivity index (χ2n) is 3.34. The Kier molecular flexibility index (Phi) is 6.80. The van der Waals surface area contributed by atoms with Gasteiger partial charge in [0.1, 0.15) is 0 Å². The molecule has 0 aliphatic rings. The Morgan fingerprint density at radius 1 is 1.36 bits per heavy atom. The van der Waals surface area contributed by atoms with Gasteiger partial charge in [-0.25, -0.2) is 0 Å². The number of hydrogen-bond acceptors (Lipinski definition) is 4. The summed E-state index contributed by atoms with van der Waals surface area (Å²) >= 11 is 0. The normalized spacial score (nSPS) is 11.3. The molecule has 0 rings (SSSR count). The highest BCUT2D eigenvalue weighted by Gasteiger charge is 2.01. The Morgan fingerprint density at radius 3 is 2.50 bits per heavy atom. The van der Waals surface area contributed by atoms with Crippen molar-refractivity contribution in [1.29, 1.82) is 0 Å². The highest BCUT2D eigenvalue weighted by molar-refractivity contribution is 5.82. The van der Waals surface area contributed by atoms with E-state index in [-0.39, 0.29) is 5.97 Å². The summed E-state index contributed by atoms with van der Waals surface area (Å²) in [6, 6.07) is 0. The number of carbonyl (C=O) groups excluding carboxylic acids is 1. The zero-order chi connectivity index (χ0) is 11.0. The van der Waals surface area contributed by atoms with E-state index < -0.39 is 0 Å². The van der Waals surface area contributed by atoms with Gasteiger partial charge in [0, 0.05) is 26.2 Å². The third-order valence-electron chi connectivity index (χ3n) is 1.60. The smallest absolute Gasteiger partial charge is 0.305 e. The summed E-state index contributed by atoms with van der Waals surface area (Å²) in [5, 5.41) is 5.98. The third-order valence-corrected chi connectivity index (χ3v) is 1.60. The van der Waals surface area contributed by atoms with Gasteiger partial charge in [-0.2, -0.15) is 5.10 Å². The molecule has 0 unspecified atom stereocenters. The fraction of sp³-hybridized carbons (Fsp3) is 0.800. The fourth-order valence-corrected chi connectivity index (χ4v) is 1.11. The molecule has 82 valence electrons. The average molecular weight is 200 g/mol. The maximum absolute atomic E-state index is 11.0. The van der Waals surface area contributed by atoms with Crippen LogP contribution in [-0.4, -0.2) is 37.4 Å². The van der Waals surface area contributed by atoms with Crippen LogP contribution in [-0.2, 0) is 9.53 Å². The van der Waals surface area contributed by atoms with Gasteiger partial charge >= 0.3 is 5.97 Å². The molecule has 4 heteroatoms. The number of carbonyl (C=O) groups is 1. The molecular formula is C10H20N2O2. The van der Waals surface area contributed by atoms with Crippen molar-refractivity contribution >= 4 is 11.7 Å². The van der Waals surface area contributed by atoms with Gasteiger partial charge in [-0.1, -0.05) is 0 Å². The van der Waals surface area contributed by atoms with E-state index in [1.807, 2.05) is 27.9 Å². The van der Waals surface area contributed by atoms with E-state index in [2.05, 4.69) is 5.10 Å². The first-order valence-corrected chi connectivity index (χ1v) is 4.93. The van der Waals surface area contributed by atoms with E-state index in [9.17, 15) is 4.79 Å². The van der Waals surface area contributed by atoms with Gasteiger partial charge in [-0.05, 0) is 26.7 Å². The summed E-state index contributed by atoms with van der Waals surface area (Å²) < 4.78 is 4.82. The predicted octanol–water partition coefficient (Wildman–Crippen LogP) is 1.66. The quantitative estimate of drug-likeness (QED) is 0.372. The number of hydrogen-bond donors (Lipinski definition) is 0. The molecule has 0 aliphatic carbocycles. The van der Waals surface area contributed by atoms with Gasteiger partial charge in [-0.3, -0.25) is 4.79 Å². The van der Waals surface area contributed by atoms with Gasteiger partial charge in [-0.15, -0.1) is 0 Å². The number of ether oxygens (including phenoxy) is 1. The first-order chi connectivity index (χ1) is 6.56. The van der Waals surface area contributed by atoms with E-state index in [1.54, 1.807) is 5.01 Å². The molecule has 4 nitrogen and oxygen atoms in total. The number of esters is 1. The second kappa shape index (κ2) is 7.35. The average Bonchev–Trinajstić information content (AvgIpc) is 2.02. The maximum Gasteiger partial charge on any atom is 0.305 e. The van der Waals surface area contributed by atoms with Crippen LogP contribution in [0.3, 0.4) is 0 Å². The Labute approximate surface area is 85.9 Å². The lowest BCUT2D eigenvalue weighted by molar-refractivity contribution is -0.143. The summed E-state index contributed by atoms with van der Waals surface area (Å²) in [6.45, 7) is 4.24. The van der Waals surface area contributed by atoms with Crippen molar-refractivity contribution in [2.75, 3.05) is 20.7 Å². The van der Waals surface area contributed by atoms with E-state index in [0.717, 1.165) is 18.6 Å². The zero-order valence-electron chi connectivity index (χ0n) is 9.54. The minimum Gasteiger partial charge on any atom is -0.466 e. The van der Waals surface area contributed by atoms with E-state index >= 15 is 0 Å². The minimum atomic E-state index is -0.120. The maximum atomic E-state index is 11.0. The van der Waals surface area contributed by atoms with E-state index in [4.69, 9.17) is 4.74 Å². The fourth-order valence-electron chi connectivity index (χ4n) is 1.11. The van der Waals surface area contributed by atoms with Crippen LogP contribution >= 0.6 is 0 Å². The minimum absolute atomic E-state index is 0.120. The van der Waals surface area contributed by atoms with Crippen molar-refractivity contribution in [3.63, 3.8) is 0 Å². The molecule has 0 aromatic heterocycles. The molecule has 0 bridgehead atoms. The van der Waals surface area contributed by atoms with Crippen LogP contribution < -0.4 is 0 Å². The van der Waals surface area contributed by atoms with Gasteiger partial charge in [0.05, 0.1) is 6.61 Å². The summed E-state index contributed by atoms with van der Waals surface area (Å²) in [5.41, 5.74) is 1.04. The van der Waals surface area contributed by atoms with Crippen molar-refractivity contribution in [3.8, 4) is 0 Å². The van der Waals surface area contributed by atoms with Gasteiger partial charge in [0.15, 0.2) is 0 Å². The Hall–Kier alpha value is -1.06. The zero-order valence-corrected chi connectivity index (χ0v) is 9.54. The van der Waals surface area contributed by atoms with E-state index in [0.29, 0.717) is 13.0 Å². The van der Waals surface area contributed by atoms with Crippen molar-refractivity contribution < 1.29 is 9.53 Å². The van der Waals surface area contributed by atoms with Crippen LogP contribution in [0.1, 0.15) is 33.1 Å². The highest BCUT2D eigenvalue weighted by atomic mass is 16.5. The molecule has 0 aliphatic heterocycles. The van der Waals surface area contributed by atoms with Crippen molar-refractivity contribution in [3.05, 3.63) is 0 Å². The summed E-state index contributed by atoms with van der Waals surface area (Å²) in [7, 11) is 3.77. The monoisotopic (exact) mass is 200 g/mol. The molecule has 0 atom stereocenters. The molecule has 0 aromatic rings. The number of hydrazone groups is 1. The van der Waals surface area contributed by atoms with Crippen molar-refractivity contribution in [1.82, 2.24) is 5.01 Å². The van der Waals surface area contributed by atoms with Gasteiger partial charge in [0.25, 0.3) is 0 Å². The molecule has 0 aromatic carbocycles. The first-order valence-electron chi connectivity index (χ1n) is 4.93. The summed E-state index contributed by atoms with van der Waals surface area (Å²) in [6.07, 6.45) is 2.13. The van der Waals surface area contributed by atoms with Crippen LogP contribution in [0.5, 0.6) is 0 Å². The van der Waals surface area contributed by atoms with E-state index in [1.165, 1.54) is 0 Å². The van der Waals surface area contributed by atoms with Crippen LogP contribution in [0.2, 0.25) is 0 Å². The lowest BCUT2D eigenvalue weighted by atomic mass is 10.2. The largest absolute Gasteiger partial charge is 0.466 e. The number of rotatable bonds is 6. The standard InChI is InChI=1S/C10H20N2O2/c1-5-14-10(13)8-6-7-9(2)11-12(3)4/h5-8H2,1-4H3/b11-9-. The lowest BCUT2D eigenvalue weighted by Gasteiger charge is -2.06. The van der Waals surface area contributed by atoms with Crippen LogP contribution in [0.4, 0.5) is 0 Å². The molecular weight excluding hydrogens is 180 g/mol. The molecule has 0 spiro atoms. The molecule has 0 N–H and O–H groups in total. The van der Waals surface area contributed by atoms with Gasteiger partial charge < -0.3 is 9.75 Å². The summed E-state index contributed by atoms with van der Waals surface area (Å²) in [4.78, 5) is 11.0. The molecule has 0 amide bonds. The van der Waals surface area contributed by atoms with Crippen molar-refractivity contribution in [2.24, 2.45) is 5.10 Å². The molecule has 0 saturated carbocycles. The Balaban J connectivity index is 3.58. The van der Waals surface area contributed by atoms with Crippen LogP contribution in [0.25, 0.3) is 0 Å². The van der Waals surface area contributed by atoms with Crippen LogP contribution in [0.15, 0.2) is 5.10 Å². The first kappa shape index (κ1) is 12.9. The molecule has 14 heavy (non-hydrogen) atoms. The lowest BCUT2D eigenvalue weighted by Crippen LogP contribution is -2.08. The summed E-state index contributed by atoms with van der Waals surface area (Å²) in [5.74, 6) is -0.120.